The number of rotatable bonds is 8. The lowest BCUT2D eigenvalue weighted by atomic mass is 9.60. The number of hydrogen-bond acceptors (Lipinski definition) is 5. The van der Waals surface area contributed by atoms with E-state index in [0.717, 1.165) is 42.4 Å². The zero-order valence-electron chi connectivity index (χ0n) is 62.0. The van der Waals surface area contributed by atoms with Crippen LogP contribution in [0.3, 0.4) is 0 Å². The molecular formula is C85H128FN5. The molecule has 0 unspecified atom stereocenters. The molecule has 500 valence electrons. The minimum Gasteiger partial charge on any atom is -0.307 e. The Labute approximate surface area is 556 Å². The Morgan fingerprint density at radius 2 is 0.429 bits per heavy atom. The van der Waals surface area contributed by atoms with Crippen LogP contribution in [0.5, 0.6) is 0 Å². The molecule has 0 bridgehead atoms. The van der Waals surface area contributed by atoms with Crippen molar-refractivity contribution in [2.75, 3.05) is 0 Å². The Kier molecular flexibility index (Phi) is 19.9. The number of nitrogens with one attached hydrogen (secondary N) is 5. The van der Waals surface area contributed by atoms with Crippen LogP contribution in [0.15, 0.2) is 115 Å². The van der Waals surface area contributed by atoms with Gasteiger partial charge in [0.25, 0.3) is 0 Å². The predicted molar refractivity (Wildman–Crippen MR) is 391 cm³/mol. The van der Waals surface area contributed by atoms with Crippen LogP contribution in [-0.4, -0.2) is 55.4 Å². The molecule has 5 heterocycles. The van der Waals surface area contributed by atoms with Crippen LogP contribution in [0, 0.1) is 16.6 Å². The summed E-state index contributed by atoms with van der Waals surface area (Å²) in [7, 11) is 0. The van der Waals surface area contributed by atoms with E-state index in [-0.39, 0.29) is 72.0 Å². The highest BCUT2D eigenvalue weighted by Crippen LogP contribution is 2.53. The molecule has 6 fully saturated rings. The Hall–Kier alpha value is -4.17. The van der Waals surface area contributed by atoms with Crippen molar-refractivity contribution in [3.63, 3.8) is 0 Å². The molecule has 91 heavy (non-hydrogen) atoms. The third kappa shape index (κ3) is 19.3. The first-order valence-corrected chi connectivity index (χ1v) is 35.8. The monoisotopic (exact) mass is 1240 g/mol. The third-order valence-electron chi connectivity index (χ3n) is 21.6. The van der Waals surface area contributed by atoms with Gasteiger partial charge in [-0.15, -0.1) is 0 Å². The van der Waals surface area contributed by atoms with E-state index in [1.165, 1.54) is 96.7 Å². The van der Waals surface area contributed by atoms with Crippen molar-refractivity contribution in [2.45, 2.75) is 341 Å². The second-order valence-corrected chi connectivity index (χ2v) is 38.9. The zero-order chi connectivity index (χ0) is 67.0. The number of hydrogen-bond donors (Lipinski definition) is 5. The molecular weight excluding hydrogens is 1110 g/mol. The summed E-state index contributed by atoms with van der Waals surface area (Å²) < 4.78 is 15.4. The highest BCUT2D eigenvalue weighted by molar-refractivity contribution is 5.65. The van der Waals surface area contributed by atoms with E-state index in [9.17, 15) is 0 Å². The maximum atomic E-state index is 15.4. The van der Waals surface area contributed by atoms with Gasteiger partial charge in [-0.3, -0.25) is 0 Å². The van der Waals surface area contributed by atoms with Gasteiger partial charge in [-0.25, -0.2) is 4.39 Å². The van der Waals surface area contributed by atoms with E-state index in [4.69, 9.17) is 0 Å². The quantitative estimate of drug-likeness (QED) is 0.107. The molecule has 5 saturated heterocycles. The molecule has 5 aromatic carbocycles. The third-order valence-corrected chi connectivity index (χ3v) is 21.6. The molecule has 5 nitrogen and oxygen atoms in total. The fourth-order valence-electron chi connectivity index (χ4n) is 20.8. The summed E-state index contributed by atoms with van der Waals surface area (Å²) in [5, 5.41) is 19.0. The summed E-state index contributed by atoms with van der Waals surface area (Å²) >= 11 is 0. The Morgan fingerprint density at radius 3 is 0.637 bits per heavy atom. The summed E-state index contributed by atoms with van der Waals surface area (Å²) in [6.07, 6.45) is 15.2. The second-order valence-electron chi connectivity index (χ2n) is 38.9. The fraction of sp³-hybridized carbons (Fsp3) is 0.647. The first kappa shape index (κ1) is 71.1. The maximum absolute atomic E-state index is 15.4. The van der Waals surface area contributed by atoms with Gasteiger partial charge in [0.05, 0.1) is 0 Å². The van der Waals surface area contributed by atoms with Crippen LogP contribution >= 0.6 is 0 Å². The van der Waals surface area contributed by atoms with Crippen molar-refractivity contribution in [1.82, 2.24) is 26.6 Å². The number of benzene rings is 5. The summed E-state index contributed by atoms with van der Waals surface area (Å²) in [4.78, 5) is 0. The van der Waals surface area contributed by atoms with Gasteiger partial charge in [0.1, 0.15) is 5.82 Å². The first-order valence-electron chi connectivity index (χ1n) is 35.8. The van der Waals surface area contributed by atoms with E-state index in [2.05, 4.69) is 302 Å². The van der Waals surface area contributed by atoms with Gasteiger partial charge in [-0.1, -0.05) is 137 Å². The lowest BCUT2D eigenvalue weighted by Gasteiger charge is -2.47. The molecule has 6 aliphatic rings. The van der Waals surface area contributed by atoms with Gasteiger partial charge in [0.2, 0.25) is 0 Å². The van der Waals surface area contributed by atoms with Crippen molar-refractivity contribution >= 4 is 0 Å². The van der Waals surface area contributed by atoms with Crippen LogP contribution in [0.1, 0.15) is 319 Å². The van der Waals surface area contributed by atoms with Gasteiger partial charge in [-0.2, -0.15) is 0 Å². The Balaban J connectivity index is 0.000000163. The average molecular weight is 1240 g/mol. The van der Waals surface area contributed by atoms with Gasteiger partial charge >= 0.3 is 0 Å². The lowest BCUT2D eigenvalue weighted by molar-refractivity contribution is 0.0957. The van der Waals surface area contributed by atoms with E-state index >= 15 is 4.39 Å². The minimum absolute atomic E-state index is 0.0445. The molecule has 0 amide bonds. The van der Waals surface area contributed by atoms with E-state index < -0.39 is 0 Å². The molecule has 5 N–H and O–H groups in total. The maximum Gasteiger partial charge on any atom is 0.127 e. The molecule has 0 spiro atoms. The Bertz CT molecular complexity index is 3020. The molecule has 11 rings (SSSR count). The molecule has 0 radical (unpaired) electrons. The molecule has 5 aliphatic heterocycles. The summed E-state index contributed by atoms with van der Waals surface area (Å²) in [6, 6.07) is 43.2. The fourth-order valence-corrected chi connectivity index (χ4v) is 20.8. The highest BCUT2D eigenvalue weighted by Gasteiger charge is 2.44. The second kappa shape index (κ2) is 25.4. The molecule has 0 aromatic heterocycles. The predicted octanol–water partition coefficient (Wildman–Crippen LogP) is 22.0. The van der Waals surface area contributed by atoms with Crippen molar-refractivity contribution in [3.8, 4) is 22.3 Å². The molecule has 5 aromatic rings. The van der Waals surface area contributed by atoms with Crippen LogP contribution < -0.4 is 26.6 Å². The van der Waals surface area contributed by atoms with Gasteiger partial charge < -0.3 is 26.6 Å². The van der Waals surface area contributed by atoms with Crippen LogP contribution in [0.4, 0.5) is 4.39 Å². The Morgan fingerprint density at radius 1 is 0.242 bits per heavy atom. The van der Waals surface area contributed by atoms with Gasteiger partial charge in [0.15, 0.2) is 0 Å². The van der Waals surface area contributed by atoms with E-state index in [0.29, 0.717) is 35.5 Å². The van der Waals surface area contributed by atoms with Crippen LogP contribution in [0.2, 0.25) is 0 Å². The van der Waals surface area contributed by atoms with Crippen LogP contribution in [0.25, 0.3) is 22.3 Å². The molecule has 1 saturated carbocycles. The van der Waals surface area contributed by atoms with Crippen molar-refractivity contribution in [1.29, 1.82) is 0 Å². The molecule has 6 heteroatoms. The number of halogens is 1. The average Bonchev–Trinajstić information content (AvgIpc) is 0.837. The van der Waals surface area contributed by atoms with Gasteiger partial charge in [0, 0.05) is 55.4 Å². The normalized spacial score (nSPS) is 25.6. The lowest BCUT2D eigenvalue weighted by Crippen LogP contribution is -2.57. The molecule has 0 atom stereocenters. The summed E-state index contributed by atoms with van der Waals surface area (Å²) in [5.41, 5.74) is 15.3. The summed E-state index contributed by atoms with van der Waals surface area (Å²) in [6.45, 7) is 55.9. The SMILES string of the molecule is CC1(C)CC(c2ccc(-c3ccc(C4CC(C)(C)NC(C)(C)C4)cc3)cc2)CC(C)(C)N1.CC1(C)CC(c2ccc(-c3ccc(C4CC(C)(C)NC(C)(C)C4)cc3)cc2F)CC(C)(C)C1.CC1(C)CC(c2ccc(C3CC(C)(C)NC(C)(C)C3)cc2)CC(C)(C)N1. The van der Waals surface area contributed by atoms with Crippen molar-refractivity contribution in [2.24, 2.45) is 10.8 Å². The zero-order valence-corrected chi connectivity index (χ0v) is 62.0. The topological polar surface area (TPSA) is 60.1 Å². The largest absolute Gasteiger partial charge is 0.307 e. The van der Waals surface area contributed by atoms with E-state index in [1.807, 2.05) is 0 Å². The van der Waals surface area contributed by atoms with E-state index in [1.54, 1.807) is 6.07 Å². The molecule has 1 aliphatic carbocycles. The summed E-state index contributed by atoms with van der Waals surface area (Å²) in [5.74, 6) is 3.33. The van der Waals surface area contributed by atoms with Crippen molar-refractivity contribution < 1.29 is 4.39 Å². The van der Waals surface area contributed by atoms with Gasteiger partial charge in [-0.05, 0) is 330 Å². The number of piperidine rings is 5. The standard InChI is InChI=1S/C31H44FN.C30H44N2.C24H40N2/c1-28(2)16-25(17-29(3,4)20-28)26-14-13-23(15-27(26)32)21-9-11-22(12-10-21)24-18-30(5,6)33-31(7,8)19-24;1-27(2)17-25(18-28(3,4)31-27)23-13-9-21(10-14-23)22-11-15-24(16-12-22)26-19-29(5,6)32-30(7,8)20-26;1-21(2)13-19(14-22(3,4)25-21)17-9-11-18(12-10-17)20-15-23(5,6)26-24(7,8)16-20/h9-15,24-25,33H,16-20H2,1-8H3;9-16,25-26,31-32H,17-20H2,1-8H3;9-12,19-20,25-26H,13-16H2,1-8H3. The van der Waals surface area contributed by atoms with Crippen LogP contribution in [-0.2, 0) is 0 Å². The van der Waals surface area contributed by atoms with Crippen molar-refractivity contribution in [3.05, 3.63) is 154 Å². The first-order chi connectivity index (χ1) is 41.6. The highest BCUT2D eigenvalue weighted by atomic mass is 19.1. The smallest absolute Gasteiger partial charge is 0.127 e. The minimum atomic E-state index is -0.0445.